The summed E-state index contributed by atoms with van der Waals surface area (Å²) in [5, 5.41) is 0. The van der Waals surface area contributed by atoms with Crippen LogP contribution in [-0.4, -0.2) is 4.89 Å². The van der Waals surface area contributed by atoms with E-state index < -0.39 is 6.30 Å². The van der Waals surface area contributed by atoms with Crippen LogP contribution < -0.4 is 4.52 Å². The van der Waals surface area contributed by atoms with Crippen molar-refractivity contribution in [2.45, 2.75) is 33.6 Å². The van der Waals surface area contributed by atoms with Gasteiger partial charge < -0.3 is 9.42 Å². The molecule has 0 saturated carbocycles. The standard InChI is InChI=1S/C11H16BrO3P/c1-4-5-10-6-7-11(9(3)8(10)2)15-16(12,13)14/h6-7H,4-5H2,1-3H3,(H,13,14). The SMILES string of the molecule is CCCc1ccc(OP(=O)(O)Br)c(C)c1C. The highest BCUT2D eigenvalue weighted by molar-refractivity contribution is 9.39. The van der Waals surface area contributed by atoms with Gasteiger partial charge in [0.25, 0.3) is 0 Å². The Labute approximate surface area is 104 Å². The maximum Gasteiger partial charge on any atom is 0.444 e. The highest BCUT2D eigenvalue weighted by Crippen LogP contribution is 2.51. The average molecular weight is 307 g/mol. The van der Waals surface area contributed by atoms with Crippen molar-refractivity contribution in [3.8, 4) is 5.75 Å². The molecule has 0 aromatic heterocycles. The maximum absolute atomic E-state index is 11.1. The lowest BCUT2D eigenvalue weighted by molar-refractivity contribution is 0.403. The molecule has 1 N–H and O–H groups in total. The molecule has 0 bridgehead atoms. The van der Waals surface area contributed by atoms with Gasteiger partial charge in [0, 0.05) is 0 Å². The second-order valence-corrected chi connectivity index (χ2v) is 7.54. The Morgan fingerprint density at radius 2 is 2.00 bits per heavy atom. The first-order valence-corrected chi connectivity index (χ1v) is 8.76. The van der Waals surface area contributed by atoms with Crippen molar-refractivity contribution in [3.05, 3.63) is 28.8 Å². The van der Waals surface area contributed by atoms with E-state index in [4.69, 9.17) is 9.42 Å². The zero-order valence-corrected chi connectivity index (χ0v) is 12.1. The fourth-order valence-electron chi connectivity index (χ4n) is 1.61. The smallest absolute Gasteiger partial charge is 0.417 e. The molecule has 0 spiro atoms. The van der Waals surface area contributed by atoms with Crippen LogP contribution >= 0.6 is 21.8 Å². The molecular weight excluding hydrogens is 291 g/mol. The Morgan fingerprint density at radius 3 is 2.50 bits per heavy atom. The van der Waals surface area contributed by atoms with Crippen molar-refractivity contribution >= 4 is 21.8 Å². The average Bonchev–Trinajstić information content (AvgIpc) is 2.16. The van der Waals surface area contributed by atoms with Crippen molar-refractivity contribution in [2.75, 3.05) is 0 Å². The Hall–Kier alpha value is -0.310. The van der Waals surface area contributed by atoms with Gasteiger partial charge in [-0.3, -0.25) is 0 Å². The fraction of sp³-hybridized carbons (Fsp3) is 0.455. The van der Waals surface area contributed by atoms with Gasteiger partial charge in [0.2, 0.25) is 0 Å². The van der Waals surface area contributed by atoms with Crippen LogP contribution in [0.2, 0.25) is 0 Å². The predicted molar refractivity (Wildman–Crippen MR) is 69.3 cm³/mol. The molecule has 3 nitrogen and oxygen atoms in total. The molecule has 0 heterocycles. The van der Waals surface area contributed by atoms with Gasteiger partial charge in [-0.15, -0.1) is 0 Å². The summed E-state index contributed by atoms with van der Waals surface area (Å²) in [5.74, 6) is 0.458. The summed E-state index contributed by atoms with van der Waals surface area (Å²) in [4.78, 5) is 9.11. The van der Waals surface area contributed by atoms with Crippen LogP contribution in [0.15, 0.2) is 12.1 Å². The summed E-state index contributed by atoms with van der Waals surface area (Å²) >= 11 is 2.61. The first kappa shape index (κ1) is 13.8. The van der Waals surface area contributed by atoms with Gasteiger partial charge in [-0.2, -0.15) is 0 Å². The molecular formula is C11H16BrO3P. The van der Waals surface area contributed by atoms with Crippen molar-refractivity contribution in [1.82, 2.24) is 0 Å². The Bertz CT molecular complexity index is 425. The van der Waals surface area contributed by atoms with Crippen molar-refractivity contribution in [3.63, 3.8) is 0 Å². The lowest BCUT2D eigenvalue weighted by Gasteiger charge is -2.14. The van der Waals surface area contributed by atoms with E-state index in [1.807, 2.05) is 19.9 Å². The third kappa shape index (κ3) is 3.62. The zero-order chi connectivity index (χ0) is 12.3. The molecule has 0 aliphatic carbocycles. The van der Waals surface area contributed by atoms with Gasteiger partial charge in [-0.25, -0.2) is 4.57 Å². The Morgan fingerprint density at radius 1 is 1.38 bits per heavy atom. The van der Waals surface area contributed by atoms with Crippen LogP contribution in [0, 0.1) is 13.8 Å². The van der Waals surface area contributed by atoms with Crippen molar-refractivity contribution in [1.29, 1.82) is 0 Å². The molecule has 1 rings (SSSR count). The molecule has 1 unspecified atom stereocenters. The Kier molecular flexibility index (Phi) is 4.60. The van der Waals surface area contributed by atoms with Crippen LogP contribution in [0.4, 0.5) is 0 Å². The maximum atomic E-state index is 11.1. The summed E-state index contributed by atoms with van der Waals surface area (Å²) < 4.78 is 16.1. The molecule has 0 fully saturated rings. The second-order valence-electron chi connectivity index (χ2n) is 3.77. The molecule has 0 aliphatic rings. The van der Waals surface area contributed by atoms with E-state index in [9.17, 15) is 4.57 Å². The molecule has 5 heteroatoms. The van der Waals surface area contributed by atoms with Gasteiger partial charge >= 0.3 is 6.30 Å². The van der Waals surface area contributed by atoms with E-state index in [1.165, 1.54) is 5.56 Å². The summed E-state index contributed by atoms with van der Waals surface area (Å²) in [6.45, 7) is 6.02. The molecule has 0 aliphatic heterocycles. The summed E-state index contributed by atoms with van der Waals surface area (Å²) in [6.07, 6.45) is -1.56. The highest BCUT2D eigenvalue weighted by Gasteiger charge is 2.17. The largest absolute Gasteiger partial charge is 0.444 e. The quantitative estimate of drug-likeness (QED) is 0.851. The van der Waals surface area contributed by atoms with Crippen LogP contribution in [0.1, 0.15) is 30.0 Å². The molecule has 0 amide bonds. The van der Waals surface area contributed by atoms with Gasteiger partial charge in [0.15, 0.2) is 0 Å². The predicted octanol–water partition coefficient (Wildman–Crippen LogP) is 4.13. The third-order valence-electron chi connectivity index (χ3n) is 2.58. The number of hydrogen-bond acceptors (Lipinski definition) is 2. The van der Waals surface area contributed by atoms with Crippen LogP contribution in [0.25, 0.3) is 0 Å². The number of rotatable bonds is 4. The van der Waals surface area contributed by atoms with Gasteiger partial charge in [-0.05, 0) is 43.0 Å². The van der Waals surface area contributed by atoms with E-state index in [1.54, 1.807) is 6.07 Å². The van der Waals surface area contributed by atoms with Crippen molar-refractivity contribution < 1.29 is 14.0 Å². The molecule has 1 aromatic carbocycles. The molecule has 0 saturated heterocycles. The van der Waals surface area contributed by atoms with E-state index in [-0.39, 0.29) is 0 Å². The van der Waals surface area contributed by atoms with Gasteiger partial charge in [0.1, 0.15) is 5.75 Å². The fourth-order valence-corrected chi connectivity index (χ4v) is 2.52. The number of benzene rings is 1. The summed E-state index contributed by atoms with van der Waals surface area (Å²) in [7, 11) is 0. The van der Waals surface area contributed by atoms with Gasteiger partial charge in [-0.1, -0.05) is 19.4 Å². The molecule has 1 aromatic rings. The highest BCUT2D eigenvalue weighted by atomic mass is 79.9. The normalized spacial score (nSPS) is 14.6. The minimum Gasteiger partial charge on any atom is -0.417 e. The molecule has 0 radical (unpaired) electrons. The van der Waals surface area contributed by atoms with Crippen LogP contribution in [0.3, 0.4) is 0 Å². The summed E-state index contributed by atoms with van der Waals surface area (Å²) in [6, 6.07) is 3.70. The zero-order valence-electron chi connectivity index (χ0n) is 9.66. The van der Waals surface area contributed by atoms with Gasteiger partial charge in [0.05, 0.1) is 15.5 Å². The van der Waals surface area contributed by atoms with E-state index in [2.05, 4.69) is 22.4 Å². The molecule has 16 heavy (non-hydrogen) atoms. The first-order chi connectivity index (χ1) is 7.35. The van der Waals surface area contributed by atoms with E-state index in [0.717, 1.165) is 24.0 Å². The topological polar surface area (TPSA) is 46.5 Å². The molecule has 1 atom stereocenters. The van der Waals surface area contributed by atoms with Crippen molar-refractivity contribution in [2.24, 2.45) is 0 Å². The number of aryl methyl sites for hydroxylation is 1. The molecule has 90 valence electrons. The summed E-state index contributed by atoms with van der Waals surface area (Å²) in [5.41, 5.74) is 3.30. The lowest BCUT2D eigenvalue weighted by atomic mass is 9.99. The first-order valence-electron chi connectivity index (χ1n) is 5.16. The second kappa shape index (κ2) is 5.35. The lowest BCUT2D eigenvalue weighted by Crippen LogP contribution is -1.96. The Balaban J connectivity index is 3.07. The number of halogens is 1. The third-order valence-corrected chi connectivity index (χ3v) is 3.44. The number of hydrogen-bond donors (Lipinski definition) is 1. The monoisotopic (exact) mass is 306 g/mol. The van der Waals surface area contributed by atoms with Crippen LogP contribution in [-0.2, 0) is 11.0 Å². The van der Waals surface area contributed by atoms with E-state index in [0.29, 0.717) is 5.75 Å². The van der Waals surface area contributed by atoms with E-state index >= 15 is 0 Å². The minimum atomic E-state index is -3.65. The van der Waals surface area contributed by atoms with Crippen LogP contribution in [0.5, 0.6) is 5.75 Å². The minimum absolute atomic E-state index is 0.458.